The van der Waals surface area contributed by atoms with Crippen LogP contribution in [0.25, 0.3) is 0 Å². The van der Waals surface area contributed by atoms with Crippen molar-refractivity contribution in [3.63, 3.8) is 0 Å². The third kappa shape index (κ3) is 4.44. The van der Waals surface area contributed by atoms with Gasteiger partial charge in [0.1, 0.15) is 5.75 Å². The zero-order valence-electron chi connectivity index (χ0n) is 9.55. The van der Waals surface area contributed by atoms with Crippen LogP contribution < -0.4 is 16.2 Å². The molecular weight excluding hydrogens is 261 g/mol. The highest BCUT2D eigenvalue weighted by Gasteiger charge is 2.14. The van der Waals surface area contributed by atoms with Gasteiger partial charge in [-0.2, -0.15) is 11.8 Å². The molecule has 1 aromatic rings. The number of benzene rings is 1. The molecule has 92 valence electrons. The molecule has 1 atom stereocenters. The van der Waals surface area contributed by atoms with Crippen molar-refractivity contribution >= 4 is 35.1 Å². The van der Waals surface area contributed by atoms with Gasteiger partial charge in [0.05, 0.1) is 13.4 Å². The summed E-state index contributed by atoms with van der Waals surface area (Å²) in [6.45, 7) is 0. The van der Waals surface area contributed by atoms with Crippen molar-refractivity contribution in [2.75, 3.05) is 25.3 Å². The molecular formula is C10H18NO2PS2. The molecule has 3 nitrogen and oxygen atoms in total. The average molecular weight is 279 g/mol. The van der Waals surface area contributed by atoms with E-state index in [-0.39, 0.29) is 6.15 Å². The summed E-state index contributed by atoms with van der Waals surface area (Å²) in [5.41, 5.74) is 0. The van der Waals surface area contributed by atoms with Gasteiger partial charge in [-0.15, -0.1) is 0 Å². The Kier molecular flexibility index (Phi) is 7.27. The molecule has 0 fully saturated rings. The quantitative estimate of drug-likeness (QED) is 0.809. The van der Waals surface area contributed by atoms with E-state index in [4.69, 9.17) is 16.5 Å². The molecule has 0 spiro atoms. The van der Waals surface area contributed by atoms with Crippen molar-refractivity contribution in [2.24, 2.45) is 0 Å². The smallest absolute Gasteiger partial charge is 0.118 e. The predicted octanol–water partition coefficient (Wildman–Crippen LogP) is 2.23. The summed E-state index contributed by atoms with van der Waals surface area (Å²) in [4.78, 5) is 10.2. The third-order valence-electron chi connectivity index (χ3n) is 2.07. The van der Waals surface area contributed by atoms with Crippen LogP contribution in [-0.2, 0) is 11.8 Å². The van der Waals surface area contributed by atoms with Crippen LogP contribution in [0, 0.1) is 0 Å². The van der Waals surface area contributed by atoms with E-state index in [0.29, 0.717) is 6.16 Å². The highest BCUT2D eigenvalue weighted by atomic mass is 32.4. The van der Waals surface area contributed by atoms with Crippen LogP contribution in [0.3, 0.4) is 0 Å². The Morgan fingerprint density at radius 2 is 1.94 bits per heavy atom. The summed E-state index contributed by atoms with van der Waals surface area (Å²) >= 11 is 6.97. The van der Waals surface area contributed by atoms with Crippen LogP contribution in [0.2, 0.25) is 0 Å². The van der Waals surface area contributed by atoms with E-state index >= 15 is 0 Å². The molecule has 0 heterocycles. The van der Waals surface area contributed by atoms with Gasteiger partial charge in [0, 0.05) is 17.2 Å². The molecule has 0 saturated heterocycles. The Labute approximate surface area is 106 Å². The molecule has 1 aromatic carbocycles. The minimum atomic E-state index is -2.33. The zero-order chi connectivity index (χ0) is 11.3. The van der Waals surface area contributed by atoms with Crippen molar-refractivity contribution in [1.29, 1.82) is 0 Å². The molecule has 4 N–H and O–H groups in total. The van der Waals surface area contributed by atoms with Crippen LogP contribution in [-0.4, -0.2) is 30.2 Å². The van der Waals surface area contributed by atoms with Gasteiger partial charge in [0.2, 0.25) is 0 Å². The molecule has 0 aromatic heterocycles. The Balaban J connectivity index is 0.00000225. The molecule has 0 bridgehead atoms. The van der Waals surface area contributed by atoms with Crippen molar-refractivity contribution in [3.8, 4) is 5.75 Å². The molecule has 16 heavy (non-hydrogen) atoms. The van der Waals surface area contributed by atoms with Gasteiger partial charge in [-0.25, -0.2) is 0 Å². The molecule has 1 rings (SSSR count). The topological polar surface area (TPSA) is 64.5 Å². The highest BCUT2D eigenvalue weighted by Crippen LogP contribution is 2.40. The Hall–Kier alpha value is -0.0600. The first-order valence-electron chi connectivity index (χ1n) is 4.55. The van der Waals surface area contributed by atoms with Gasteiger partial charge < -0.3 is 15.8 Å². The Morgan fingerprint density at radius 3 is 2.38 bits per heavy atom. The SMILES string of the molecule is COc1ccc(P(O)(=S)CCSC)cc1.N. The number of methoxy groups -OCH3 is 1. The number of hydrogen-bond donors (Lipinski definition) is 2. The monoisotopic (exact) mass is 279 g/mol. The Morgan fingerprint density at radius 1 is 1.38 bits per heavy atom. The molecule has 0 aliphatic heterocycles. The van der Waals surface area contributed by atoms with Crippen molar-refractivity contribution in [3.05, 3.63) is 24.3 Å². The lowest BCUT2D eigenvalue weighted by Gasteiger charge is -2.15. The van der Waals surface area contributed by atoms with E-state index in [1.807, 2.05) is 30.5 Å². The highest BCUT2D eigenvalue weighted by molar-refractivity contribution is 8.15. The van der Waals surface area contributed by atoms with Crippen molar-refractivity contribution < 1.29 is 9.63 Å². The zero-order valence-corrected chi connectivity index (χ0v) is 12.1. The fourth-order valence-electron chi connectivity index (χ4n) is 1.16. The van der Waals surface area contributed by atoms with Gasteiger partial charge in [0.25, 0.3) is 0 Å². The lowest BCUT2D eigenvalue weighted by Crippen LogP contribution is -2.07. The second kappa shape index (κ2) is 7.30. The van der Waals surface area contributed by atoms with E-state index in [0.717, 1.165) is 16.8 Å². The minimum Gasteiger partial charge on any atom is -0.497 e. The van der Waals surface area contributed by atoms with E-state index in [2.05, 4.69) is 0 Å². The van der Waals surface area contributed by atoms with Gasteiger partial charge in [-0.3, -0.25) is 0 Å². The fraction of sp³-hybridized carbons (Fsp3) is 0.400. The van der Waals surface area contributed by atoms with Crippen LogP contribution in [0.4, 0.5) is 0 Å². The van der Waals surface area contributed by atoms with Crippen molar-refractivity contribution in [1.82, 2.24) is 6.15 Å². The molecule has 6 heteroatoms. The number of thioether (sulfide) groups is 1. The molecule has 0 saturated carbocycles. The van der Waals surface area contributed by atoms with Gasteiger partial charge in [-0.1, -0.05) is 11.8 Å². The molecule has 0 aliphatic rings. The minimum absolute atomic E-state index is 0. The fourth-order valence-corrected chi connectivity index (χ4v) is 4.79. The van der Waals surface area contributed by atoms with Crippen LogP contribution in [0.1, 0.15) is 0 Å². The average Bonchev–Trinajstić information content (AvgIpc) is 2.26. The molecule has 0 amide bonds. The summed E-state index contributed by atoms with van der Waals surface area (Å²) in [6, 6.07) is 7.40. The van der Waals surface area contributed by atoms with Crippen molar-refractivity contribution in [2.45, 2.75) is 0 Å². The van der Waals surface area contributed by atoms with Gasteiger partial charge in [0.15, 0.2) is 0 Å². The summed E-state index contributed by atoms with van der Waals surface area (Å²) < 4.78 is 5.06. The standard InChI is InChI=1S/C10H15O2PS2.H3N/c1-12-9-3-5-10(6-4-9)13(11,14)7-8-15-2;/h3-6H,7-8H2,1-2H3,(H,11,14);1H3. The lowest BCUT2D eigenvalue weighted by atomic mass is 10.3. The number of hydrogen-bond acceptors (Lipinski definition) is 4. The molecule has 1 unspecified atom stereocenters. The number of ether oxygens (including phenoxy) is 1. The van der Waals surface area contributed by atoms with Crippen LogP contribution in [0.5, 0.6) is 5.75 Å². The molecule has 0 aliphatic carbocycles. The first-order chi connectivity index (χ1) is 7.10. The van der Waals surface area contributed by atoms with E-state index in [1.165, 1.54) is 0 Å². The van der Waals surface area contributed by atoms with Crippen LogP contribution in [0.15, 0.2) is 24.3 Å². The van der Waals surface area contributed by atoms with Crippen LogP contribution >= 0.6 is 18.0 Å². The normalized spacial score (nSPS) is 13.7. The van der Waals surface area contributed by atoms with Gasteiger partial charge in [-0.05, 0) is 30.5 Å². The maximum atomic E-state index is 10.2. The summed E-state index contributed by atoms with van der Waals surface area (Å²) in [5, 5.41) is 0.868. The largest absolute Gasteiger partial charge is 0.497 e. The van der Waals surface area contributed by atoms with E-state index in [1.54, 1.807) is 18.9 Å². The lowest BCUT2D eigenvalue weighted by molar-refractivity contribution is 0.415. The maximum absolute atomic E-state index is 10.2. The first-order valence-corrected chi connectivity index (χ1v) is 8.89. The van der Waals surface area contributed by atoms with E-state index in [9.17, 15) is 4.89 Å². The summed E-state index contributed by atoms with van der Waals surface area (Å²) in [7, 11) is 1.62. The second-order valence-corrected chi connectivity index (χ2v) is 8.28. The summed E-state index contributed by atoms with van der Waals surface area (Å²) in [6.07, 6.45) is 0.373. The second-order valence-electron chi connectivity index (χ2n) is 3.12. The maximum Gasteiger partial charge on any atom is 0.118 e. The first kappa shape index (κ1) is 15.9. The summed E-state index contributed by atoms with van der Waals surface area (Å²) in [5.74, 6) is 1.69. The Bertz CT molecular complexity index is 356. The van der Waals surface area contributed by atoms with Gasteiger partial charge >= 0.3 is 0 Å². The molecule has 0 radical (unpaired) electrons. The van der Waals surface area contributed by atoms with E-state index < -0.39 is 6.26 Å². The third-order valence-corrected chi connectivity index (χ3v) is 6.10. The predicted molar refractivity (Wildman–Crippen MR) is 77.4 cm³/mol. The number of rotatable bonds is 5.